The predicted molar refractivity (Wildman–Crippen MR) is 102 cm³/mol. The van der Waals surface area contributed by atoms with E-state index in [4.69, 9.17) is 0 Å². The zero-order valence-corrected chi connectivity index (χ0v) is 16.0. The summed E-state index contributed by atoms with van der Waals surface area (Å²) in [4.78, 5) is 18.5. The second kappa shape index (κ2) is 6.13. The number of anilines is 1. The van der Waals surface area contributed by atoms with Crippen molar-refractivity contribution in [2.45, 2.75) is 43.9 Å². The summed E-state index contributed by atoms with van der Waals surface area (Å²) in [5.41, 5.74) is 2.16. The number of thioether (sulfide) groups is 1. The van der Waals surface area contributed by atoms with Gasteiger partial charge in [-0.2, -0.15) is 4.99 Å². The molecule has 0 unspecified atom stereocenters. The first-order chi connectivity index (χ1) is 11.8. The number of benzene rings is 1. The number of carbonyl (C=O) groups excluding carboxylic acids is 1. The van der Waals surface area contributed by atoms with Crippen molar-refractivity contribution in [2.24, 2.45) is 10.9 Å². The van der Waals surface area contributed by atoms with E-state index in [1.54, 1.807) is 0 Å². The lowest BCUT2D eigenvalue weighted by Crippen LogP contribution is -2.37. The Hall–Kier alpha value is -1.34. The van der Waals surface area contributed by atoms with Crippen LogP contribution in [0, 0.1) is 5.92 Å². The van der Waals surface area contributed by atoms with E-state index in [1.165, 1.54) is 17.3 Å². The molecule has 0 spiro atoms. The van der Waals surface area contributed by atoms with E-state index in [9.17, 15) is 13.2 Å². The average Bonchev–Trinajstić information content (AvgIpc) is 3.28. The normalized spacial score (nSPS) is 29.4. The Kier molecular flexibility index (Phi) is 4.19. The van der Waals surface area contributed by atoms with Gasteiger partial charge in [0.2, 0.25) is 0 Å². The maximum absolute atomic E-state index is 12.2. The highest BCUT2D eigenvalue weighted by Gasteiger charge is 2.49. The Labute approximate surface area is 152 Å². The van der Waals surface area contributed by atoms with Gasteiger partial charge in [0.05, 0.1) is 17.5 Å². The molecule has 1 amide bonds. The van der Waals surface area contributed by atoms with Crippen LogP contribution in [-0.4, -0.2) is 42.3 Å². The first-order valence-corrected chi connectivity index (χ1v) is 11.4. The Balaban J connectivity index is 1.69. The van der Waals surface area contributed by atoms with Crippen molar-refractivity contribution in [3.05, 3.63) is 29.8 Å². The first kappa shape index (κ1) is 17.1. The van der Waals surface area contributed by atoms with Gasteiger partial charge in [-0.05, 0) is 36.5 Å². The van der Waals surface area contributed by atoms with Gasteiger partial charge in [-0.25, -0.2) is 8.42 Å². The number of aliphatic imine (C=N–C) groups is 1. The summed E-state index contributed by atoms with van der Waals surface area (Å²) in [5, 5.41) is 0.625. The third kappa shape index (κ3) is 3.36. The minimum atomic E-state index is -3.03. The van der Waals surface area contributed by atoms with Crippen LogP contribution in [0.3, 0.4) is 0 Å². The number of hydrogen-bond donors (Lipinski definition) is 0. The van der Waals surface area contributed by atoms with Crippen LogP contribution in [0.1, 0.15) is 38.2 Å². The van der Waals surface area contributed by atoms with Crippen LogP contribution in [0.2, 0.25) is 0 Å². The molecule has 0 N–H and O–H groups in total. The molecule has 0 radical (unpaired) electrons. The van der Waals surface area contributed by atoms with Crippen molar-refractivity contribution < 1.29 is 13.2 Å². The molecule has 1 aromatic rings. The molecule has 2 heterocycles. The fourth-order valence-electron chi connectivity index (χ4n) is 3.40. The van der Waals surface area contributed by atoms with Gasteiger partial charge in [-0.1, -0.05) is 37.7 Å². The molecular weight excluding hydrogens is 356 g/mol. The van der Waals surface area contributed by atoms with Crippen LogP contribution in [0.25, 0.3) is 0 Å². The molecule has 134 valence electrons. The Morgan fingerprint density at radius 3 is 2.48 bits per heavy atom. The maximum Gasteiger partial charge on any atom is 0.251 e. The predicted octanol–water partition coefficient (Wildman–Crippen LogP) is 2.82. The summed E-state index contributed by atoms with van der Waals surface area (Å²) in [6.45, 7) is 4.28. The summed E-state index contributed by atoms with van der Waals surface area (Å²) < 4.78 is 24.1. The monoisotopic (exact) mass is 378 g/mol. The van der Waals surface area contributed by atoms with E-state index in [2.05, 4.69) is 31.0 Å². The second-order valence-electron chi connectivity index (χ2n) is 7.42. The summed E-state index contributed by atoms with van der Waals surface area (Å²) in [5.74, 6) is 0.745. The number of carbonyl (C=O) groups is 1. The first-order valence-electron chi connectivity index (χ1n) is 8.73. The molecule has 2 atom stereocenters. The van der Waals surface area contributed by atoms with Gasteiger partial charge in [-0.15, -0.1) is 0 Å². The molecule has 25 heavy (non-hydrogen) atoms. The van der Waals surface area contributed by atoms with E-state index in [1.807, 2.05) is 17.0 Å². The van der Waals surface area contributed by atoms with Gasteiger partial charge < -0.3 is 4.90 Å². The van der Waals surface area contributed by atoms with Crippen molar-refractivity contribution in [1.82, 2.24) is 0 Å². The zero-order chi connectivity index (χ0) is 17.8. The van der Waals surface area contributed by atoms with Gasteiger partial charge in [0.15, 0.2) is 15.0 Å². The van der Waals surface area contributed by atoms with E-state index in [0.29, 0.717) is 11.1 Å². The summed E-state index contributed by atoms with van der Waals surface area (Å²) in [6.07, 6.45) is 1.84. The van der Waals surface area contributed by atoms with Gasteiger partial charge >= 0.3 is 0 Å². The summed E-state index contributed by atoms with van der Waals surface area (Å²) in [6, 6.07) is 8.04. The smallest absolute Gasteiger partial charge is 0.251 e. The standard InChI is InChI=1S/C18H22N2O3S2/c1-11(2)12-5-7-14(8-6-12)20-15-9-25(22,23)10-16(15)24-18(20)19-17(21)13-3-4-13/h5-8,11,13,15-16H,3-4,9-10H2,1-2H3/t15-,16+/m0/s1. The van der Waals surface area contributed by atoms with Crippen LogP contribution < -0.4 is 4.90 Å². The van der Waals surface area contributed by atoms with Crippen molar-refractivity contribution in [3.8, 4) is 0 Å². The number of rotatable bonds is 3. The topological polar surface area (TPSA) is 66.8 Å². The number of fused-ring (bicyclic) bond motifs is 1. The lowest BCUT2D eigenvalue weighted by molar-refractivity contribution is -0.118. The highest BCUT2D eigenvalue weighted by atomic mass is 32.2. The van der Waals surface area contributed by atoms with Crippen molar-refractivity contribution in [1.29, 1.82) is 0 Å². The highest BCUT2D eigenvalue weighted by Crippen LogP contribution is 2.42. The fourth-order valence-corrected chi connectivity index (χ4v) is 7.32. The molecule has 4 rings (SSSR count). The third-order valence-electron chi connectivity index (χ3n) is 5.04. The largest absolute Gasteiger partial charge is 0.316 e. The van der Waals surface area contributed by atoms with E-state index in [-0.39, 0.29) is 34.6 Å². The third-order valence-corrected chi connectivity index (χ3v) is 8.25. The molecule has 5 nitrogen and oxygen atoms in total. The minimum absolute atomic E-state index is 0.0412. The van der Waals surface area contributed by atoms with Gasteiger partial charge in [0, 0.05) is 16.9 Å². The molecule has 3 aliphatic rings. The van der Waals surface area contributed by atoms with Crippen molar-refractivity contribution >= 4 is 38.4 Å². The summed E-state index contributed by atoms with van der Waals surface area (Å²) >= 11 is 1.45. The molecule has 1 aliphatic carbocycles. The number of amides is 1. The van der Waals surface area contributed by atoms with E-state index < -0.39 is 9.84 Å². The van der Waals surface area contributed by atoms with Crippen LogP contribution in [0.5, 0.6) is 0 Å². The number of sulfone groups is 1. The van der Waals surface area contributed by atoms with Crippen molar-refractivity contribution in [3.63, 3.8) is 0 Å². The van der Waals surface area contributed by atoms with Gasteiger partial charge in [0.1, 0.15) is 0 Å². The Morgan fingerprint density at radius 2 is 1.88 bits per heavy atom. The minimum Gasteiger partial charge on any atom is -0.316 e. The molecule has 2 saturated heterocycles. The average molecular weight is 379 g/mol. The number of hydrogen-bond acceptors (Lipinski definition) is 4. The Morgan fingerprint density at radius 1 is 1.20 bits per heavy atom. The lowest BCUT2D eigenvalue weighted by Gasteiger charge is -2.25. The van der Waals surface area contributed by atoms with Crippen LogP contribution >= 0.6 is 11.8 Å². The number of amidine groups is 1. The van der Waals surface area contributed by atoms with Gasteiger partial charge in [-0.3, -0.25) is 4.79 Å². The fraction of sp³-hybridized carbons (Fsp3) is 0.556. The molecule has 7 heteroatoms. The Bertz CT molecular complexity index is 826. The highest BCUT2D eigenvalue weighted by molar-refractivity contribution is 8.16. The van der Waals surface area contributed by atoms with E-state index in [0.717, 1.165) is 18.5 Å². The second-order valence-corrected chi connectivity index (χ2v) is 10.8. The zero-order valence-electron chi connectivity index (χ0n) is 14.4. The molecule has 3 fully saturated rings. The van der Waals surface area contributed by atoms with Crippen LogP contribution in [0.4, 0.5) is 5.69 Å². The molecule has 1 saturated carbocycles. The SMILES string of the molecule is CC(C)c1ccc(N2C(=NC(=O)C3CC3)S[C@@H]3CS(=O)(=O)C[C@@H]32)cc1. The quantitative estimate of drug-likeness (QED) is 0.809. The van der Waals surface area contributed by atoms with Gasteiger partial charge in [0.25, 0.3) is 5.91 Å². The molecular formula is C18H22N2O3S2. The maximum atomic E-state index is 12.2. The molecule has 1 aromatic carbocycles. The number of nitrogens with zero attached hydrogens (tertiary/aromatic N) is 2. The van der Waals surface area contributed by atoms with Crippen LogP contribution in [-0.2, 0) is 14.6 Å². The molecule has 2 aliphatic heterocycles. The van der Waals surface area contributed by atoms with Crippen molar-refractivity contribution in [2.75, 3.05) is 16.4 Å². The molecule has 0 bridgehead atoms. The summed E-state index contributed by atoms with van der Waals surface area (Å²) in [7, 11) is -3.03. The molecule has 0 aromatic heterocycles. The van der Waals surface area contributed by atoms with Crippen LogP contribution in [0.15, 0.2) is 29.3 Å². The van der Waals surface area contributed by atoms with E-state index >= 15 is 0 Å². The lowest BCUT2D eigenvalue weighted by atomic mass is 10.0.